The summed E-state index contributed by atoms with van der Waals surface area (Å²) in [6, 6.07) is 13.1. The molecular weight excluding hydrogens is 271 g/mol. The lowest BCUT2D eigenvalue weighted by Crippen LogP contribution is -2.29. The van der Waals surface area contributed by atoms with Gasteiger partial charge in [-0.2, -0.15) is 0 Å². The number of fused-ring (bicyclic) bond motifs is 1. The third kappa shape index (κ3) is 2.12. The summed E-state index contributed by atoms with van der Waals surface area (Å²) in [6.07, 6.45) is 0. The third-order valence-corrected chi connectivity index (χ3v) is 4.50. The van der Waals surface area contributed by atoms with Gasteiger partial charge < -0.3 is 0 Å². The number of nitrogens with two attached hydrogens (primary N) is 1. The van der Waals surface area contributed by atoms with Crippen LogP contribution in [0.3, 0.4) is 0 Å². The second-order valence-corrected chi connectivity index (χ2v) is 5.68. The maximum Gasteiger partial charge on any atom is 0.131 e. The van der Waals surface area contributed by atoms with Crippen LogP contribution in [0.15, 0.2) is 47.8 Å². The van der Waals surface area contributed by atoms with Gasteiger partial charge in [-0.05, 0) is 34.9 Å². The van der Waals surface area contributed by atoms with Crippen molar-refractivity contribution in [3.05, 3.63) is 70.4 Å². The van der Waals surface area contributed by atoms with Crippen LogP contribution >= 0.6 is 11.3 Å². The zero-order valence-electron chi connectivity index (χ0n) is 11.1. The molecule has 3 aromatic rings. The predicted octanol–water partition coefficient (Wildman–Crippen LogP) is 3.90. The van der Waals surface area contributed by atoms with Crippen LogP contribution in [0.4, 0.5) is 4.39 Å². The summed E-state index contributed by atoms with van der Waals surface area (Å²) < 4.78 is 15.5. The zero-order valence-corrected chi connectivity index (χ0v) is 11.9. The normalized spacial score (nSPS) is 12.8. The zero-order chi connectivity index (χ0) is 14.1. The van der Waals surface area contributed by atoms with E-state index in [0.29, 0.717) is 11.1 Å². The second kappa shape index (κ2) is 5.32. The van der Waals surface area contributed by atoms with E-state index in [1.807, 2.05) is 23.6 Å². The van der Waals surface area contributed by atoms with Gasteiger partial charge in [0, 0.05) is 10.3 Å². The highest BCUT2D eigenvalue weighted by molar-refractivity contribution is 7.17. The lowest BCUT2D eigenvalue weighted by atomic mass is 9.96. The smallest absolute Gasteiger partial charge is 0.131 e. The Bertz CT molecular complexity index is 751. The van der Waals surface area contributed by atoms with Gasteiger partial charge in [-0.25, -0.2) is 9.82 Å². The Kier molecular flexibility index (Phi) is 3.53. The summed E-state index contributed by atoms with van der Waals surface area (Å²) >= 11 is 1.64. The highest BCUT2D eigenvalue weighted by Crippen LogP contribution is 2.33. The monoisotopic (exact) mass is 286 g/mol. The van der Waals surface area contributed by atoms with Crippen LogP contribution in [0.1, 0.15) is 22.7 Å². The van der Waals surface area contributed by atoms with Gasteiger partial charge in [0.2, 0.25) is 0 Å². The molecule has 0 aliphatic carbocycles. The number of aryl methyl sites for hydroxylation is 1. The van der Waals surface area contributed by atoms with Crippen LogP contribution in [-0.4, -0.2) is 0 Å². The molecule has 0 saturated carbocycles. The molecule has 1 heterocycles. The topological polar surface area (TPSA) is 38.0 Å². The molecule has 0 bridgehead atoms. The maximum absolute atomic E-state index is 14.4. The van der Waals surface area contributed by atoms with Crippen molar-refractivity contribution in [1.82, 2.24) is 5.43 Å². The first-order chi connectivity index (χ1) is 9.72. The molecule has 0 aliphatic heterocycles. The molecule has 0 radical (unpaired) electrons. The molecule has 3 rings (SSSR count). The van der Waals surface area contributed by atoms with Gasteiger partial charge >= 0.3 is 0 Å². The quantitative estimate of drug-likeness (QED) is 0.566. The van der Waals surface area contributed by atoms with Crippen LogP contribution in [0.5, 0.6) is 0 Å². The van der Waals surface area contributed by atoms with Crippen molar-refractivity contribution >= 4 is 21.4 Å². The van der Waals surface area contributed by atoms with Crippen molar-refractivity contribution in [2.75, 3.05) is 0 Å². The van der Waals surface area contributed by atoms with Gasteiger partial charge in [0.25, 0.3) is 0 Å². The van der Waals surface area contributed by atoms with E-state index >= 15 is 0 Å². The third-order valence-electron chi connectivity index (χ3n) is 3.52. The van der Waals surface area contributed by atoms with Crippen LogP contribution in [0.2, 0.25) is 0 Å². The number of halogens is 1. The highest BCUT2D eigenvalue weighted by Gasteiger charge is 2.19. The van der Waals surface area contributed by atoms with Crippen LogP contribution in [0.25, 0.3) is 10.1 Å². The average molecular weight is 286 g/mol. The lowest BCUT2D eigenvalue weighted by molar-refractivity contribution is 0.556. The van der Waals surface area contributed by atoms with Crippen molar-refractivity contribution < 1.29 is 4.39 Å². The Labute approximate surface area is 121 Å². The predicted molar refractivity (Wildman–Crippen MR) is 82.1 cm³/mol. The number of hydrogen-bond acceptors (Lipinski definition) is 3. The molecule has 3 N–H and O–H groups in total. The molecule has 1 aromatic heterocycles. The van der Waals surface area contributed by atoms with Crippen LogP contribution < -0.4 is 11.3 Å². The van der Waals surface area contributed by atoms with Gasteiger partial charge in [-0.15, -0.1) is 11.3 Å². The van der Waals surface area contributed by atoms with E-state index in [1.54, 1.807) is 30.4 Å². The molecular formula is C16H15FN2S. The Morgan fingerprint density at radius 3 is 2.65 bits per heavy atom. The van der Waals surface area contributed by atoms with Crippen molar-refractivity contribution in [2.45, 2.75) is 13.0 Å². The van der Waals surface area contributed by atoms with Crippen molar-refractivity contribution in [1.29, 1.82) is 0 Å². The van der Waals surface area contributed by atoms with Crippen molar-refractivity contribution in [3.8, 4) is 0 Å². The summed E-state index contributed by atoms with van der Waals surface area (Å²) in [6.45, 7) is 1.76. The fourth-order valence-corrected chi connectivity index (χ4v) is 3.43. The molecule has 0 saturated heterocycles. The highest BCUT2D eigenvalue weighted by atomic mass is 32.1. The number of nitrogens with one attached hydrogen (secondary N) is 1. The van der Waals surface area contributed by atoms with Crippen molar-refractivity contribution in [2.24, 2.45) is 5.84 Å². The van der Waals surface area contributed by atoms with Gasteiger partial charge in [-0.1, -0.05) is 36.4 Å². The maximum atomic E-state index is 14.4. The van der Waals surface area contributed by atoms with Gasteiger partial charge in [0.05, 0.1) is 6.04 Å². The van der Waals surface area contributed by atoms with Gasteiger partial charge in [0.15, 0.2) is 0 Å². The van der Waals surface area contributed by atoms with E-state index in [1.165, 1.54) is 0 Å². The molecule has 0 amide bonds. The van der Waals surface area contributed by atoms with Crippen LogP contribution in [-0.2, 0) is 0 Å². The van der Waals surface area contributed by atoms with E-state index in [9.17, 15) is 4.39 Å². The Morgan fingerprint density at radius 1 is 1.10 bits per heavy atom. The molecule has 2 nitrogen and oxygen atoms in total. The number of hydrogen-bond donors (Lipinski definition) is 2. The Morgan fingerprint density at radius 2 is 1.85 bits per heavy atom. The Balaban J connectivity index is 2.19. The molecule has 102 valence electrons. The minimum absolute atomic E-state index is 0.205. The summed E-state index contributed by atoms with van der Waals surface area (Å²) in [7, 11) is 0. The number of rotatable bonds is 3. The number of hydrazine groups is 1. The van der Waals surface area contributed by atoms with E-state index in [2.05, 4.69) is 17.6 Å². The summed E-state index contributed by atoms with van der Waals surface area (Å²) in [5.41, 5.74) is 4.96. The van der Waals surface area contributed by atoms with E-state index in [-0.39, 0.29) is 11.9 Å². The summed E-state index contributed by atoms with van der Waals surface area (Å²) in [5, 5.41) is 3.19. The first-order valence-electron chi connectivity index (χ1n) is 6.39. The molecule has 0 fully saturated rings. The molecule has 4 heteroatoms. The van der Waals surface area contributed by atoms with E-state index in [4.69, 9.17) is 5.84 Å². The second-order valence-electron chi connectivity index (χ2n) is 4.76. The standard InChI is InChI=1S/C16H15FN2S/c1-10-4-2-6-12(14(10)17)15(19-18)13-7-3-5-11-8-9-20-16(11)13/h2-9,15,19H,18H2,1H3. The number of benzene rings is 2. The molecule has 1 unspecified atom stereocenters. The Hall–Kier alpha value is -1.75. The molecule has 20 heavy (non-hydrogen) atoms. The van der Waals surface area contributed by atoms with Gasteiger partial charge in [-0.3, -0.25) is 5.84 Å². The first-order valence-corrected chi connectivity index (χ1v) is 7.27. The van der Waals surface area contributed by atoms with Gasteiger partial charge in [0.1, 0.15) is 5.82 Å². The minimum atomic E-state index is -0.350. The molecule has 2 aromatic carbocycles. The first kappa shape index (κ1) is 13.2. The molecule has 0 spiro atoms. The molecule has 1 atom stereocenters. The van der Waals surface area contributed by atoms with E-state index in [0.717, 1.165) is 15.6 Å². The fraction of sp³-hybridized carbons (Fsp3) is 0.125. The largest absolute Gasteiger partial charge is 0.271 e. The number of thiophene rings is 1. The SMILES string of the molecule is Cc1cccc(C(NN)c2cccc3ccsc23)c1F. The average Bonchev–Trinajstić information content (AvgIpc) is 2.93. The van der Waals surface area contributed by atoms with E-state index < -0.39 is 0 Å². The summed E-state index contributed by atoms with van der Waals surface area (Å²) in [5.74, 6) is 5.50. The minimum Gasteiger partial charge on any atom is -0.271 e. The fourth-order valence-electron chi connectivity index (χ4n) is 2.48. The molecule has 0 aliphatic rings. The lowest BCUT2D eigenvalue weighted by Gasteiger charge is -2.19. The van der Waals surface area contributed by atoms with Crippen molar-refractivity contribution in [3.63, 3.8) is 0 Å². The summed E-state index contributed by atoms with van der Waals surface area (Å²) in [4.78, 5) is 0. The van der Waals surface area contributed by atoms with Crippen LogP contribution in [0, 0.1) is 12.7 Å².